The number of phenols is 1. The molecule has 2 fully saturated rings. The van der Waals surface area contributed by atoms with Crippen molar-refractivity contribution >= 4 is 23.0 Å². The standard InChI is InChI=1S/C23H24N4OS/c28-18-12-10-17(11-13-18)27-22(20-9-5-15-26(20)16-6-1-2-7-16)21(25-23(27)29)19-8-3-4-14-24-19/h3-5,8-16,21-22,28H,1-2,6-7H2,(H,25,29)/t21-,22-/m0/s1. The molecular weight excluding hydrogens is 380 g/mol. The number of nitrogens with zero attached hydrogens (tertiary/aromatic N) is 3. The first-order valence-electron chi connectivity index (χ1n) is 10.2. The van der Waals surface area contributed by atoms with Crippen molar-refractivity contribution in [3.63, 3.8) is 0 Å². The molecule has 2 N–H and O–H groups in total. The van der Waals surface area contributed by atoms with Crippen LogP contribution in [0.3, 0.4) is 0 Å². The van der Waals surface area contributed by atoms with Crippen LogP contribution in [0.15, 0.2) is 67.0 Å². The zero-order valence-electron chi connectivity index (χ0n) is 16.1. The molecule has 0 radical (unpaired) electrons. The largest absolute Gasteiger partial charge is 0.508 e. The van der Waals surface area contributed by atoms with Crippen molar-refractivity contribution < 1.29 is 5.11 Å². The number of anilines is 1. The van der Waals surface area contributed by atoms with Crippen LogP contribution in [-0.2, 0) is 0 Å². The molecular formula is C23H24N4OS. The molecule has 3 heterocycles. The van der Waals surface area contributed by atoms with E-state index in [0.717, 1.165) is 11.4 Å². The van der Waals surface area contributed by atoms with Crippen LogP contribution in [-0.4, -0.2) is 19.8 Å². The van der Waals surface area contributed by atoms with Crippen LogP contribution < -0.4 is 10.2 Å². The lowest BCUT2D eigenvalue weighted by molar-refractivity contribution is 0.461. The molecule has 2 aliphatic rings. The number of benzene rings is 1. The zero-order valence-corrected chi connectivity index (χ0v) is 16.9. The van der Waals surface area contributed by atoms with E-state index < -0.39 is 0 Å². The van der Waals surface area contributed by atoms with Gasteiger partial charge in [0.1, 0.15) is 11.8 Å². The van der Waals surface area contributed by atoms with Gasteiger partial charge in [-0.15, -0.1) is 0 Å². The number of aromatic nitrogens is 2. The van der Waals surface area contributed by atoms with E-state index in [0.29, 0.717) is 11.2 Å². The number of aromatic hydroxyl groups is 1. The number of nitrogens with one attached hydrogen (secondary N) is 1. The normalized spacial score (nSPS) is 22.2. The second-order valence-electron chi connectivity index (χ2n) is 7.79. The van der Waals surface area contributed by atoms with Gasteiger partial charge in [0, 0.05) is 29.8 Å². The van der Waals surface area contributed by atoms with Crippen LogP contribution in [0, 0.1) is 0 Å². The van der Waals surface area contributed by atoms with Crippen LogP contribution in [0.4, 0.5) is 5.69 Å². The highest BCUT2D eigenvalue weighted by Crippen LogP contribution is 2.43. The maximum Gasteiger partial charge on any atom is 0.174 e. The lowest BCUT2D eigenvalue weighted by Crippen LogP contribution is -2.30. The van der Waals surface area contributed by atoms with E-state index >= 15 is 0 Å². The Morgan fingerprint density at radius 2 is 1.79 bits per heavy atom. The van der Waals surface area contributed by atoms with Crippen LogP contribution in [0.2, 0.25) is 0 Å². The van der Waals surface area contributed by atoms with Gasteiger partial charge in [-0.25, -0.2) is 0 Å². The van der Waals surface area contributed by atoms with Gasteiger partial charge >= 0.3 is 0 Å². The first-order chi connectivity index (χ1) is 14.2. The molecule has 5 rings (SSSR count). The molecule has 3 aromatic rings. The van der Waals surface area contributed by atoms with Crippen molar-refractivity contribution in [1.29, 1.82) is 0 Å². The minimum Gasteiger partial charge on any atom is -0.508 e. The third-order valence-electron chi connectivity index (χ3n) is 6.06. The summed E-state index contributed by atoms with van der Waals surface area (Å²) in [6.45, 7) is 0. The minimum atomic E-state index is -0.0486. The molecule has 1 saturated carbocycles. The summed E-state index contributed by atoms with van der Waals surface area (Å²) in [7, 11) is 0. The van der Waals surface area contributed by atoms with Crippen LogP contribution in [0.5, 0.6) is 5.75 Å². The number of thiocarbonyl (C=S) groups is 1. The Morgan fingerprint density at radius 3 is 2.52 bits per heavy atom. The molecule has 29 heavy (non-hydrogen) atoms. The van der Waals surface area contributed by atoms with Crippen LogP contribution in [0.1, 0.15) is 55.2 Å². The maximum atomic E-state index is 9.75. The lowest BCUT2D eigenvalue weighted by atomic mass is 10.00. The van der Waals surface area contributed by atoms with E-state index in [-0.39, 0.29) is 17.8 Å². The van der Waals surface area contributed by atoms with E-state index in [4.69, 9.17) is 12.2 Å². The zero-order chi connectivity index (χ0) is 19.8. The van der Waals surface area contributed by atoms with Gasteiger partial charge in [0.2, 0.25) is 0 Å². The van der Waals surface area contributed by atoms with Gasteiger partial charge < -0.3 is 19.9 Å². The first-order valence-corrected chi connectivity index (χ1v) is 10.6. The molecule has 0 unspecified atom stereocenters. The number of hydrogen-bond acceptors (Lipinski definition) is 3. The highest BCUT2D eigenvalue weighted by Gasteiger charge is 2.42. The van der Waals surface area contributed by atoms with Crippen molar-refractivity contribution in [2.75, 3.05) is 4.90 Å². The van der Waals surface area contributed by atoms with Gasteiger partial charge in [-0.1, -0.05) is 18.9 Å². The predicted molar refractivity (Wildman–Crippen MR) is 118 cm³/mol. The highest BCUT2D eigenvalue weighted by molar-refractivity contribution is 7.80. The summed E-state index contributed by atoms with van der Waals surface area (Å²) in [5.74, 6) is 0.249. The number of rotatable bonds is 4. The van der Waals surface area contributed by atoms with Gasteiger partial charge in [-0.3, -0.25) is 4.98 Å². The number of phenolic OH excluding ortho intramolecular Hbond substituents is 1. The molecule has 6 heteroatoms. The Bertz CT molecular complexity index is 995. The maximum absolute atomic E-state index is 9.75. The second-order valence-corrected chi connectivity index (χ2v) is 8.18. The fraction of sp³-hybridized carbons (Fsp3) is 0.304. The Hall–Kier alpha value is -2.86. The van der Waals surface area contributed by atoms with E-state index in [1.807, 2.05) is 30.5 Å². The summed E-state index contributed by atoms with van der Waals surface area (Å²) in [5.41, 5.74) is 3.18. The van der Waals surface area contributed by atoms with Crippen molar-refractivity contribution in [2.24, 2.45) is 0 Å². The fourth-order valence-corrected chi connectivity index (χ4v) is 5.07. The molecule has 1 saturated heterocycles. The monoisotopic (exact) mass is 404 g/mol. The second kappa shape index (κ2) is 7.52. The molecule has 1 aliphatic heterocycles. The SMILES string of the molecule is Oc1ccc(N2C(=S)N[C@@H](c3ccccn3)[C@@H]2c2cccn2C2CCCC2)cc1. The molecule has 0 bridgehead atoms. The highest BCUT2D eigenvalue weighted by atomic mass is 32.1. The Kier molecular flexibility index (Phi) is 4.72. The molecule has 0 spiro atoms. The Morgan fingerprint density at radius 1 is 1.00 bits per heavy atom. The molecule has 148 valence electrons. The predicted octanol–water partition coefficient (Wildman–Crippen LogP) is 4.88. The summed E-state index contributed by atoms with van der Waals surface area (Å²) in [5, 5.41) is 13.9. The van der Waals surface area contributed by atoms with Crippen LogP contribution in [0.25, 0.3) is 0 Å². The van der Waals surface area contributed by atoms with Gasteiger partial charge in [0.15, 0.2) is 5.11 Å². The fourth-order valence-electron chi connectivity index (χ4n) is 4.72. The molecule has 2 atom stereocenters. The summed E-state index contributed by atoms with van der Waals surface area (Å²) < 4.78 is 2.44. The number of pyridine rings is 1. The van der Waals surface area contributed by atoms with E-state index in [1.54, 1.807) is 12.1 Å². The Labute approximate surface area is 176 Å². The summed E-state index contributed by atoms with van der Waals surface area (Å²) in [4.78, 5) is 6.79. The van der Waals surface area contributed by atoms with Gasteiger partial charge in [-0.05, 0) is 73.6 Å². The minimum absolute atomic E-state index is 0.0162. The van der Waals surface area contributed by atoms with Crippen molar-refractivity contribution in [3.8, 4) is 5.75 Å². The smallest absolute Gasteiger partial charge is 0.174 e. The summed E-state index contributed by atoms with van der Waals surface area (Å²) >= 11 is 5.78. The van der Waals surface area contributed by atoms with Gasteiger partial charge in [-0.2, -0.15) is 0 Å². The van der Waals surface area contributed by atoms with Gasteiger partial charge in [0.25, 0.3) is 0 Å². The summed E-state index contributed by atoms with van der Waals surface area (Å²) in [6.07, 6.45) is 9.05. The van der Waals surface area contributed by atoms with Crippen LogP contribution >= 0.6 is 12.2 Å². The average Bonchev–Trinajstić information content (AvgIpc) is 3.48. The molecule has 5 nitrogen and oxygen atoms in total. The molecule has 1 aliphatic carbocycles. The lowest BCUT2D eigenvalue weighted by Gasteiger charge is -2.30. The van der Waals surface area contributed by atoms with Crippen molar-refractivity contribution in [2.45, 2.75) is 43.8 Å². The molecule has 1 aromatic carbocycles. The third kappa shape index (κ3) is 3.27. The average molecular weight is 405 g/mol. The summed E-state index contributed by atoms with van der Waals surface area (Å²) in [6, 6.07) is 18.1. The van der Waals surface area contributed by atoms with E-state index in [1.165, 1.54) is 31.4 Å². The molecule has 0 amide bonds. The van der Waals surface area contributed by atoms with Crippen molar-refractivity contribution in [3.05, 3.63) is 78.4 Å². The Balaban J connectivity index is 1.62. The van der Waals surface area contributed by atoms with E-state index in [9.17, 15) is 5.11 Å². The third-order valence-corrected chi connectivity index (χ3v) is 6.37. The quantitative estimate of drug-likeness (QED) is 0.607. The molecule has 2 aromatic heterocycles. The topological polar surface area (TPSA) is 53.3 Å². The first kappa shape index (κ1) is 18.2. The van der Waals surface area contributed by atoms with Crippen molar-refractivity contribution in [1.82, 2.24) is 14.9 Å². The van der Waals surface area contributed by atoms with Gasteiger partial charge in [0.05, 0.1) is 11.7 Å². The van der Waals surface area contributed by atoms with E-state index in [2.05, 4.69) is 44.2 Å². The number of hydrogen-bond donors (Lipinski definition) is 2.